The van der Waals surface area contributed by atoms with Gasteiger partial charge in [0.2, 0.25) is 10.0 Å². The van der Waals surface area contributed by atoms with Gasteiger partial charge in [-0.3, -0.25) is 4.72 Å². The van der Waals surface area contributed by atoms with Gasteiger partial charge >= 0.3 is 0 Å². The van der Waals surface area contributed by atoms with Crippen LogP contribution in [-0.4, -0.2) is 13.6 Å². The summed E-state index contributed by atoms with van der Waals surface area (Å²) in [5.74, 6) is -0.311. The molecule has 8 heteroatoms. The van der Waals surface area contributed by atoms with E-state index >= 15 is 0 Å². The van der Waals surface area contributed by atoms with E-state index < -0.39 is 10.0 Å². The predicted molar refractivity (Wildman–Crippen MR) is 86.7 cm³/mol. The van der Waals surface area contributed by atoms with Crippen molar-refractivity contribution in [2.45, 2.75) is 5.75 Å². The largest absolute Gasteiger partial charge is 0.356 e. The number of rotatable bonds is 4. The van der Waals surface area contributed by atoms with E-state index in [1.807, 2.05) is 0 Å². The highest BCUT2D eigenvalue weighted by atomic mass is 35.5. The number of benzene rings is 2. The molecule has 5 nitrogen and oxygen atoms in total. The van der Waals surface area contributed by atoms with Gasteiger partial charge in [0, 0.05) is 15.4 Å². The first kappa shape index (κ1) is 15.1. The molecule has 3 rings (SSSR count). The SMILES string of the molecule is O=S(=O)(Cc1noc2ccccc12)Nc1cc(Cl)cc(Cl)c1. The Balaban J connectivity index is 1.87. The highest BCUT2D eigenvalue weighted by Crippen LogP contribution is 2.25. The molecule has 1 aromatic heterocycles. The summed E-state index contributed by atoms with van der Waals surface area (Å²) in [6, 6.07) is 11.5. The minimum atomic E-state index is -3.67. The first-order valence-electron chi connectivity index (χ1n) is 6.23. The summed E-state index contributed by atoms with van der Waals surface area (Å²) in [5.41, 5.74) is 1.18. The minimum absolute atomic E-state index is 0.297. The zero-order valence-electron chi connectivity index (χ0n) is 11.1. The van der Waals surface area contributed by atoms with Gasteiger partial charge in [0.25, 0.3) is 0 Å². The third-order valence-corrected chi connectivity index (χ3v) is 4.55. The third-order valence-electron chi connectivity index (χ3n) is 2.91. The highest BCUT2D eigenvalue weighted by Gasteiger charge is 2.18. The van der Waals surface area contributed by atoms with Crippen LogP contribution in [-0.2, 0) is 15.8 Å². The zero-order chi connectivity index (χ0) is 15.7. The standard InChI is InChI=1S/C14H10Cl2N2O3S/c15-9-5-10(16)7-11(6-9)18-22(19,20)8-13-12-3-1-2-4-14(12)21-17-13/h1-7,18H,8H2. The maximum absolute atomic E-state index is 12.3. The molecule has 22 heavy (non-hydrogen) atoms. The molecule has 0 aliphatic heterocycles. The van der Waals surface area contributed by atoms with Crippen LogP contribution in [0.15, 0.2) is 47.0 Å². The van der Waals surface area contributed by atoms with Crippen molar-refractivity contribution < 1.29 is 12.9 Å². The Morgan fingerprint density at radius 3 is 2.50 bits per heavy atom. The molecule has 0 spiro atoms. The van der Waals surface area contributed by atoms with E-state index in [2.05, 4.69) is 9.88 Å². The summed E-state index contributed by atoms with van der Waals surface area (Å²) in [7, 11) is -3.67. The van der Waals surface area contributed by atoms with E-state index in [9.17, 15) is 8.42 Å². The number of nitrogens with one attached hydrogen (secondary N) is 1. The van der Waals surface area contributed by atoms with E-state index in [1.165, 1.54) is 18.2 Å². The number of halogens is 2. The van der Waals surface area contributed by atoms with Gasteiger partial charge < -0.3 is 4.52 Å². The molecule has 3 aromatic rings. The van der Waals surface area contributed by atoms with Crippen molar-refractivity contribution >= 4 is 49.9 Å². The topological polar surface area (TPSA) is 72.2 Å². The molecule has 1 heterocycles. The molecule has 0 amide bonds. The van der Waals surface area contributed by atoms with Crippen molar-refractivity contribution in [1.82, 2.24) is 5.16 Å². The quantitative estimate of drug-likeness (QED) is 0.764. The lowest BCUT2D eigenvalue weighted by Gasteiger charge is -2.07. The lowest BCUT2D eigenvalue weighted by molar-refractivity contribution is 0.448. The Bertz CT molecular complexity index is 918. The molecule has 0 aliphatic carbocycles. The van der Waals surface area contributed by atoms with Crippen molar-refractivity contribution in [1.29, 1.82) is 0 Å². The van der Waals surface area contributed by atoms with Crippen LogP contribution in [0.4, 0.5) is 5.69 Å². The van der Waals surface area contributed by atoms with Crippen LogP contribution in [0.25, 0.3) is 11.0 Å². The Morgan fingerprint density at radius 1 is 1.09 bits per heavy atom. The lowest BCUT2D eigenvalue weighted by Crippen LogP contribution is -2.15. The second-order valence-electron chi connectivity index (χ2n) is 4.64. The summed E-state index contributed by atoms with van der Waals surface area (Å²) < 4.78 is 32.0. The molecule has 0 fully saturated rings. The van der Waals surface area contributed by atoms with Crippen molar-refractivity contribution in [2.75, 3.05) is 4.72 Å². The number of fused-ring (bicyclic) bond motifs is 1. The van der Waals surface area contributed by atoms with Crippen molar-refractivity contribution in [3.63, 3.8) is 0 Å². The van der Waals surface area contributed by atoms with Crippen LogP contribution in [0.3, 0.4) is 0 Å². The molecule has 0 saturated carbocycles. The van der Waals surface area contributed by atoms with Crippen LogP contribution in [0, 0.1) is 0 Å². The van der Waals surface area contributed by atoms with Gasteiger partial charge in [-0.1, -0.05) is 40.5 Å². The van der Waals surface area contributed by atoms with E-state index in [-0.39, 0.29) is 5.75 Å². The fourth-order valence-electron chi connectivity index (χ4n) is 2.05. The maximum Gasteiger partial charge on any atom is 0.238 e. The Morgan fingerprint density at radius 2 is 1.77 bits per heavy atom. The molecule has 0 saturated heterocycles. The molecule has 1 N–H and O–H groups in total. The highest BCUT2D eigenvalue weighted by molar-refractivity contribution is 7.91. The number of anilines is 1. The number of aromatic nitrogens is 1. The smallest absolute Gasteiger partial charge is 0.238 e. The van der Waals surface area contributed by atoms with Crippen LogP contribution < -0.4 is 4.72 Å². The average Bonchev–Trinajstić information content (AvgIpc) is 2.80. The van der Waals surface area contributed by atoms with Crippen molar-refractivity contribution in [3.8, 4) is 0 Å². The van der Waals surface area contributed by atoms with Crippen molar-refractivity contribution in [2.24, 2.45) is 0 Å². The first-order chi connectivity index (χ1) is 10.4. The van der Waals surface area contributed by atoms with E-state index in [0.29, 0.717) is 32.4 Å². The monoisotopic (exact) mass is 356 g/mol. The predicted octanol–water partition coefficient (Wildman–Crippen LogP) is 4.08. The van der Waals surface area contributed by atoms with E-state index in [0.717, 1.165) is 0 Å². The number of hydrogen-bond acceptors (Lipinski definition) is 4. The number of hydrogen-bond donors (Lipinski definition) is 1. The van der Waals surface area contributed by atoms with Gasteiger partial charge in [-0.05, 0) is 30.3 Å². The molecular formula is C14H10Cl2N2O3S. The molecule has 0 atom stereocenters. The molecule has 114 valence electrons. The fourth-order valence-corrected chi connectivity index (χ4v) is 3.69. The molecule has 0 unspecified atom stereocenters. The molecule has 0 radical (unpaired) electrons. The third kappa shape index (κ3) is 3.35. The molecular weight excluding hydrogens is 347 g/mol. The maximum atomic E-state index is 12.3. The summed E-state index contributed by atoms with van der Waals surface area (Å²) in [6.45, 7) is 0. The van der Waals surface area contributed by atoms with Crippen molar-refractivity contribution in [3.05, 3.63) is 58.2 Å². The Hall–Kier alpha value is -1.76. The Labute approximate surface area is 136 Å². The fraction of sp³-hybridized carbons (Fsp3) is 0.0714. The summed E-state index contributed by atoms with van der Waals surface area (Å²) >= 11 is 11.7. The summed E-state index contributed by atoms with van der Waals surface area (Å²) in [4.78, 5) is 0. The van der Waals surface area contributed by atoms with Crippen LogP contribution >= 0.6 is 23.2 Å². The van der Waals surface area contributed by atoms with Crippen LogP contribution in [0.1, 0.15) is 5.69 Å². The second kappa shape index (κ2) is 5.79. The van der Waals surface area contributed by atoms with Gasteiger partial charge in [0.1, 0.15) is 11.4 Å². The zero-order valence-corrected chi connectivity index (χ0v) is 13.4. The van der Waals surface area contributed by atoms with Crippen LogP contribution in [0.5, 0.6) is 0 Å². The number of nitrogens with zero attached hydrogens (tertiary/aromatic N) is 1. The normalized spacial score (nSPS) is 11.7. The number of para-hydroxylation sites is 1. The number of sulfonamides is 1. The Kier molecular flexibility index (Phi) is 3.99. The first-order valence-corrected chi connectivity index (χ1v) is 8.64. The molecule has 0 aliphatic rings. The van der Waals surface area contributed by atoms with Gasteiger partial charge in [-0.2, -0.15) is 0 Å². The minimum Gasteiger partial charge on any atom is -0.356 e. The second-order valence-corrected chi connectivity index (χ2v) is 7.24. The van der Waals surface area contributed by atoms with E-state index in [1.54, 1.807) is 24.3 Å². The van der Waals surface area contributed by atoms with Crippen LogP contribution in [0.2, 0.25) is 10.0 Å². The van der Waals surface area contributed by atoms with Gasteiger partial charge in [-0.25, -0.2) is 8.42 Å². The molecule has 0 bridgehead atoms. The van der Waals surface area contributed by atoms with Gasteiger partial charge in [-0.15, -0.1) is 0 Å². The lowest BCUT2D eigenvalue weighted by atomic mass is 10.2. The average molecular weight is 357 g/mol. The molecule has 2 aromatic carbocycles. The summed E-state index contributed by atoms with van der Waals surface area (Å²) in [5, 5.41) is 5.16. The van der Waals surface area contributed by atoms with Gasteiger partial charge in [0.15, 0.2) is 5.58 Å². The van der Waals surface area contributed by atoms with E-state index in [4.69, 9.17) is 27.7 Å². The summed E-state index contributed by atoms with van der Waals surface area (Å²) in [6.07, 6.45) is 0. The van der Waals surface area contributed by atoms with Gasteiger partial charge in [0.05, 0.1) is 5.69 Å².